The summed E-state index contributed by atoms with van der Waals surface area (Å²) >= 11 is 0. The summed E-state index contributed by atoms with van der Waals surface area (Å²) in [5.74, 6) is 0.663. The van der Waals surface area contributed by atoms with E-state index in [1.165, 1.54) is 22.0 Å². The van der Waals surface area contributed by atoms with E-state index < -0.39 is 0 Å². The number of fused-ring (bicyclic) bond motifs is 2. The van der Waals surface area contributed by atoms with Crippen LogP contribution in [0, 0.1) is 0 Å². The minimum atomic E-state index is 0.663. The van der Waals surface area contributed by atoms with Gasteiger partial charge in [-0.2, -0.15) is 0 Å². The Bertz CT molecular complexity index is 1140. The van der Waals surface area contributed by atoms with Crippen molar-refractivity contribution in [2.75, 3.05) is 38.7 Å². The minimum absolute atomic E-state index is 0.663. The maximum absolute atomic E-state index is 4.70. The molecule has 1 fully saturated rings. The molecule has 0 unspecified atom stereocenters. The number of nitrogens with one attached hydrogen (secondary N) is 1. The molecule has 2 aromatic carbocycles. The second kappa shape index (κ2) is 6.89. The predicted octanol–water partition coefficient (Wildman–Crippen LogP) is 3.36. The molecule has 1 saturated heterocycles. The smallest absolute Gasteiger partial charge is 0.238 e. The predicted molar refractivity (Wildman–Crippen MR) is 114 cm³/mol. The van der Waals surface area contributed by atoms with Crippen molar-refractivity contribution in [1.82, 2.24) is 24.4 Å². The number of piperazine rings is 1. The van der Waals surface area contributed by atoms with Crippen LogP contribution in [0.3, 0.4) is 0 Å². The van der Waals surface area contributed by atoms with Gasteiger partial charge in [0.15, 0.2) is 0 Å². The first-order valence-corrected chi connectivity index (χ1v) is 9.68. The zero-order chi connectivity index (χ0) is 19.1. The maximum atomic E-state index is 4.70. The maximum Gasteiger partial charge on any atom is 0.238 e. The SMILES string of the molecule is CN1CCN(Nc2ncc3cc(-c4ccc5c(ccn5C)c4)ccc3n2)CC1. The molecule has 5 rings (SSSR count). The van der Waals surface area contributed by atoms with Gasteiger partial charge in [0.1, 0.15) is 0 Å². The summed E-state index contributed by atoms with van der Waals surface area (Å²) in [5, 5.41) is 4.49. The molecule has 0 atom stereocenters. The lowest BCUT2D eigenvalue weighted by molar-refractivity contribution is 0.178. The number of hydrogen-bond acceptors (Lipinski definition) is 5. The van der Waals surface area contributed by atoms with E-state index in [1.54, 1.807) is 0 Å². The average molecular weight is 372 g/mol. The highest BCUT2D eigenvalue weighted by Crippen LogP contribution is 2.27. The van der Waals surface area contributed by atoms with Gasteiger partial charge < -0.3 is 9.47 Å². The first-order valence-electron chi connectivity index (χ1n) is 9.68. The lowest BCUT2D eigenvalue weighted by Gasteiger charge is -2.32. The van der Waals surface area contributed by atoms with Gasteiger partial charge in [0, 0.05) is 61.9 Å². The standard InChI is InChI=1S/C22H24N6/c1-26-9-11-28(12-10-26)25-22-23-15-19-14-16(3-5-20(19)24-22)17-4-6-21-18(13-17)7-8-27(21)2/h3-8,13-15H,9-12H2,1-2H3,(H,23,24,25). The molecule has 1 N–H and O–H groups in total. The summed E-state index contributed by atoms with van der Waals surface area (Å²) in [6, 6.07) is 15.1. The largest absolute Gasteiger partial charge is 0.351 e. The Balaban J connectivity index is 1.41. The molecule has 2 aromatic heterocycles. The molecule has 1 aliphatic rings. The highest BCUT2D eigenvalue weighted by atomic mass is 15.5. The molecule has 3 heterocycles. The number of rotatable bonds is 3. The fourth-order valence-corrected chi connectivity index (χ4v) is 3.79. The van der Waals surface area contributed by atoms with Gasteiger partial charge in [0.2, 0.25) is 5.95 Å². The Hall–Kier alpha value is -2.96. The van der Waals surface area contributed by atoms with Gasteiger partial charge in [0.05, 0.1) is 5.52 Å². The summed E-state index contributed by atoms with van der Waals surface area (Å²) < 4.78 is 2.14. The van der Waals surface area contributed by atoms with Gasteiger partial charge >= 0.3 is 0 Å². The third-order valence-corrected chi connectivity index (χ3v) is 5.56. The summed E-state index contributed by atoms with van der Waals surface area (Å²) in [6.45, 7) is 4.04. The van der Waals surface area contributed by atoms with Crippen molar-refractivity contribution in [1.29, 1.82) is 0 Å². The van der Waals surface area contributed by atoms with E-state index in [2.05, 4.69) is 87.6 Å². The van der Waals surface area contributed by atoms with Gasteiger partial charge in [-0.15, -0.1) is 0 Å². The Labute approximate surface area is 164 Å². The molecule has 1 aliphatic heterocycles. The van der Waals surface area contributed by atoms with Gasteiger partial charge in [-0.05, 0) is 48.5 Å². The van der Waals surface area contributed by atoms with Crippen LogP contribution in [-0.4, -0.2) is 57.7 Å². The Kier molecular flexibility index (Phi) is 4.22. The van der Waals surface area contributed by atoms with E-state index in [-0.39, 0.29) is 0 Å². The number of aromatic nitrogens is 3. The van der Waals surface area contributed by atoms with E-state index in [1.807, 2.05) is 6.20 Å². The van der Waals surface area contributed by atoms with Gasteiger partial charge in [0.25, 0.3) is 0 Å². The van der Waals surface area contributed by atoms with Crippen LogP contribution in [0.4, 0.5) is 5.95 Å². The molecule has 0 radical (unpaired) electrons. The third-order valence-electron chi connectivity index (χ3n) is 5.56. The molecule has 0 spiro atoms. The normalized spacial score (nSPS) is 16.1. The topological polar surface area (TPSA) is 49.2 Å². The van der Waals surface area contributed by atoms with Crippen LogP contribution in [0.25, 0.3) is 32.9 Å². The van der Waals surface area contributed by atoms with E-state index in [4.69, 9.17) is 4.98 Å². The summed E-state index contributed by atoms with van der Waals surface area (Å²) in [5.41, 5.74) is 7.93. The van der Waals surface area contributed by atoms with Crippen molar-refractivity contribution >= 4 is 27.8 Å². The third kappa shape index (κ3) is 3.21. The van der Waals surface area contributed by atoms with Crippen molar-refractivity contribution in [3.05, 3.63) is 54.9 Å². The Morgan fingerprint density at radius 1 is 0.857 bits per heavy atom. The number of likely N-dealkylation sites (N-methyl/N-ethyl adjacent to an activating group) is 1. The van der Waals surface area contributed by atoms with Crippen LogP contribution >= 0.6 is 0 Å². The summed E-state index contributed by atoms with van der Waals surface area (Å²) in [6.07, 6.45) is 4.00. The molecule has 0 saturated carbocycles. The lowest BCUT2D eigenvalue weighted by atomic mass is 10.0. The fourth-order valence-electron chi connectivity index (χ4n) is 3.79. The highest BCUT2D eigenvalue weighted by molar-refractivity contribution is 5.89. The molecule has 6 nitrogen and oxygen atoms in total. The average Bonchev–Trinajstić information content (AvgIpc) is 3.09. The monoisotopic (exact) mass is 372 g/mol. The van der Waals surface area contributed by atoms with Crippen molar-refractivity contribution in [2.45, 2.75) is 0 Å². The van der Waals surface area contributed by atoms with Gasteiger partial charge in [-0.25, -0.2) is 15.0 Å². The van der Waals surface area contributed by atoms with Crippen LogP contribution in [0.15, 0.2) is 54.9 Å². The number of anilines is 1. The molecule has 6 heteroatoms. The molecular formula is C22H24N6. The first-order chi connectivity index (χ1) is 13.7. The second-order valence-corrected chi connectivity index (χ2v) is 7.57. The molecule has 142 valence electrons. The van der Waals surface area contributed by atoms with Crippen LogP contribution in [0.2, 0.25) is 0 Å². The first kappa shape index (κ1) is 17.2. The molecular weight excluding hydrogens is 348 g/mol. The Morgan fingerprint density at radius 3 is 2.43 bits per heavy atom. The molecule has 4 aromatic rings. The Morgan fingerprint density at radius 2 is 1.61 bits per heavy atom. The van der Waals surface area contributed by atoms with E-state index in [0.29, 0.717) is 5.95 Å². The van der Waals surface area contributed by atoms with Gasteiger partial charge in [-0.3, -0.25) is 5.43 Å². The van der Waals surface area contributed by atoms with E-state index >= 15 is 0 Å². The fraction of sp³-hybridized carbons (Fsp3) is 0.273. The minimum Gasteiger partial charge on any atom is -0.351 e. The van der Waals surface area contributed by atoms with Crippen molar-refractivity contribution in [3.63, 3.8) is 0 Å². The van der Waals surface area contributed by atoms with Crippen LogP contribution < -0.4 is 5.43 Å². The number of hydrazine groups is 1. The number of nitrogens with zero attached hydrogens (tertiary/aromatic N) is 5. The second-order valence-electron chi connectivity index (χ2n) is 7.57. The highest BCUT2D eigenvalue weighted by Gasteiger charge is 2.14. The zero-order valence-corrected chi connectivity index (χ0v) is 16.3. The zero-order valence-electron chi connectivity index (χ0n) is 16.3. The van der Waals surface area contributed by atoms with Crippen LogP contribution in [0.1, 0.15) is 0 Å². The van der Waals surface area contributed by atoms with Gasteiger partial charge in [-0.1, -0.05) is 12.1 Å². The molecule has 0 bridgehead atoms. The quantitative estimate of drug-likeness (QED) is 0.598. The summed E-state index contributed by atoms with van der Waals surface area (Å²) in [4.78, 5) is 11.5. The van der Waals surface area contributed by atoms with Crippen molar-refractivity contribution in [2.24, 2.45) is 7.05 Å². The number of aryl methyl sites for hydroxylation is 1. The lowest BCUT2D eigenvalue weighted by Crippen LogP contribution is -2.47. The number of hydrogen-bond donors (Lipinski definition) is 1. The molecule has 28 heavy (non-hydrogen) atoms. The van der Waals surface area contributed by atoms with E-state index in [9.17, 15) is 0 Å². The van der Waals surface area contributed by atoms with Crippen LogP contribution in [-0.2, 0) is 7.05 Å². The van der Waals surface area contributed by atoms with Crippen molar-refractivity contribution < 1.29 is 0 Å². The van der Waals surface area contributed by atoms with Crippen molar-refractivity contribution in [3.8, 4) is 11.1 Å². The number of benzene rings is 2. The van der Waals surface area contributed by atoms with E-state index in [0.717, 1.165) is 37.1 Å². The molecule has 0 amide bonds. The van der Waals surface area contributed by atoms with Crippen LogP contribution in [0.5, 0.6) is 0 Å². The molecule has 0 aliphatic carbocycles. The summed E-state index contributed by atoms with van der Waals surface area (Å²) in [7, 11) is 4.22.